The Morgan fingerprint density at radius 3 is 2.72 bits per heavy atom. The number of nitrogens with zero attached hydrogens (tertiary/aromatic N) is 1. The highest BCUT2D eigenvalue weighted by molar-refractivity contribution is 5.55. The smallest absolute Gasteiger partial charge is 0.130 e. The number of anilines is 1. The summed E-state index contributed by atoms with van der Waals surface area (Å²) in [6, 6.07) is 4.73. The molecule has 0 bridgehead atoms. The number of aliphatic hydroxyl groups is 1. The maximum absolute atomic E-state index is 13.8. The summed E-state index contributed by atoms with van der Waals surface area (Å²) in [6.45, 7) is 2.63. The summed E-state index contributed by atoms with van der Waals surface area (Å²) in [5.74, 6) is 0.247. The van der Waals surface area contributed by atoms with E-state index >= 15 is 0 Å². The van der Waals surface area contributed by atoms with Crippen molar-refractivity contribution in [1.29, 1.82) is 0 Å². The number of hydrogen-bond acceptors (Lipinski definition) is 3. The zero-order valence-corrected chi connectivity index (χ0v) is 10.9. The van der Waals surface area contributed by atoms with Crippen molar-refractivity contribution in [3.8, 4) is 0 Å². The average Bonchev–Trinajstić information content (AvgIpc) is 2.26. The van der Waals surface area contributed by atoms with E-state index in [-0.39, 0.29) is 18.0 Å². The van der Waals surface area contributed by atoms with Crippen molar-refractivity contribution in [2.75, 3.05) is 18.5 Å². The Hall–Kier alpha value is -1.13. The van der Waals surface area contributed by atoms with Gasteiger partial charge in [-0.25, -0.2) is 4.39 Å². The molecule has 4 heteroatoms. The van der Waals surface area contributed by atoms with E-state index in [1.807, 2.05) is 18.0 Å². The Labute approximate surface area is 107 Å². The summed E-state index contributed by atoms with van der Waals surface area (Å²) >= 11 is 0. The van der Waals surface area contributed by atoms with Crippen molar-refractivity contribution < 1.29 is 9.50 Å². The van der Waals surface area contributed by atoms with Crippen LogP contribution in [-0.2, 0) is 0 Å². The van der Waals surface area contributed by atoms with Gasteiger partial charge in [-0.3, -0.25) is 0 Å². The second kappa shape index (κ2) is 5.24. The highest BCUT2D eigenvalue weighted by Crippen LogP contribution is 2.32. The lowest BCUT2D eigenvalue weighted by atomic mass is 9.82. The van der Waals surface area contributed by atoms with Crippen LogP contribution in [0.1, 0.15) is 31.4 Å². The van der Waals surface area contributed by atoms with E-state index in [9.17, 15) is 9.50 Å². The van der Waals surface area contributed by atoms with Gasteiger partial charge in [0.15, 0.2) is 0 Å². The molecule has 3 N–H and O–H groups in total. The largest absolute Gasteiger partial charge is 0.393 e. The number of aliphatic hydroxyl groups excluding tert-OH is 1. The third kappa shape index (κ3) is 2.65. The molecular weight excluding hydrogens is 231 g/mol. The lowest BCUT2D eigenvalue weighted by molar-refractivity contribution is 0.0464. The maximum Gasteiger partial charge on any atom is 0.130 e. The molecule has 0 spiro atoms. The Bertz CT molecular complexity index is 416. The minimum atomic E-state index is -0.323. The summed E-state index contributed by atoms with van der Waals surface area (Å²) < 4.78 is 13.8. The molecule has 100 valence electrons. The van der Waals surface area contributed by atoms with E-state index in [0.717, 1.165) is 25.1 Å². The monoisotopic (exact) mass is 252 g/mol. The van der Waals surface area contributed by atoms with Crippen molar-refractivity contribution in [3.05, 3.63) is 29.6 Å². The average molecular weight is 252 g/mol. The fourth-order valence-corrected chi connectivity index (χ4v) is 2.64. The highest BCUT2D eigenvalue weighted by atomic mass is 19.1. The first-order valence-corrected chi connectivity index (χ1v) is 6.42. The lowest BCUT2D eigenvalue weighted by Gasteiger charge is -2.36. The van der Waals surface area contributed by atoms with Crippen LogP contribution >= 0.6 is 0 Å². The molecule has 18 heavy (non-hydrogen) atoms. The van der Waals surface area contributed by atoms with Gasteiger partial charge in [0.1, 0.15) is 5.82 Å². The minimum Gasteiger partial charge on any atom is -0.393 e. The van der Waals surface area contributed by atoms with Crippen LogP contribution < -0.4 is 10.6 Å². The molecule has 1 fully saturated rings. The maximum atomic E-state index is 13.8. The summed E-state index contributed by atoms with van der Waals surface area (Å²) in [6.07, 6.45) is 1.53. The zero-order chi connectivity index (χ0) is 13.3. The molecule has 0 radical (unpaired) electrons. The predicted octanol–water partition coefficient (Wildman–Crippen LogP) is 2.05. The number of hydrogen-bond donors (Lipinski definition) is 2. The third-order valence-electron chi connectivity index (χ3n) is 3.64. The Morgan fingerprint density at radius 2 is 2.17 bits per heavy atom. The number of benzene rings is 1. The van der Waals surface area contributed by atoms with Gasteiger partial charge in [0, 0.05) is 30.9 Å². The van der Waals surface area contributed by atoms with E-state index in [0.29, 0.717) is 11.5 Å². The first-order chi connectivity index (χ1) is 8.49. The highest BCUT2D eigenvalue weighted by Gasteiger charge is 2.28. The van der Waals surface area contributed by atoms with Crippen LogP contribution in [0.25, 0.3) is 0 Å². The molecule has 1 atom stereocenters. The SMILES string of the molecule is C[C@H](N)c1c(F)cccc1N(C)CC1CC(O)C1. The molecule has 0 saturated heterocycles. The normalized spacial score (nSPS) is 24.5. The van der Waals surface area contributed by atoms with Crippen molar-refractivity contribution in [1.82, 2.24) is 0 Å². The van der Waals surface area contributed by atoms with Crippen LogP contribution in [0.15, 0.2) is 18.2 Å². The molecule has 2 rings (SSSR count). The van der Waals surface area contributed by atoms with Crippen LogP contribution in [-0.4, -0.2) is 24.8 Å². The Kier molecular flexibility index (Phi) is 3.88. The quantitative estimate of drug-likeness (QED) is 0.862. The summed E-state index contributed by atoms with van der Waals surface area (Å²) in [5, 5.41) is 9.29. The minimum absolute atomic E-state index is 0.149. The zero-order valence-electron chi connectivity index (χ0n) is 10.9. The van der Waals surface area contributed by atoms with E-state index in [1.165, 1.54) is 6.07 Å². The first kappa shape index (κ1) is 13.3. The molecule has 0 unspecified atom stereocenters. The van der Waals surface area contributed by atoms with Crippen molar-refractivity contribution in [2.24, 2.45) is 11.7 Å². The molecule has 1 aromatic carbocycles. The Morgan fingerprint density at radius 1 is 1.50 bits per heavy atom. The van der Waals surface area contributed by atoms with Crippen LogP contribution in [0, 0.1) is 11.7 Å². The molecule has 1 aromatic rings. The number of halogens is 1. The molecule has 0 aliphatic heterocycles. The molecule has 1 saturated carbocycles. The van der Waals surface area contributed by atoms with Gasteiger partial charge < -0.3 is 15.7 Å². The van der Waals surface area contributed by atoms with Crippen LogP contribution in [0.4, 0.5) is 10.1 Å². The Balaban J connectivity index is 2.14. The molecule has 1 aliphatic rings. The van der Waals surface area contributed by atoms with Gasteiger partial charge >= 0.3 is 0 Å². The topological polar surface area (TPSA) is 49.5 Å². The van der Waals surface area contributed by atoms with Crippen LogP contribution in [0.5, 0.6) is 0 Å². The lowest BCUT2D eigenvalue weighted by Crippen LogP contribution is -2.37. The summed E-state index contributed by atoms with van der Waals surface area (Å²) in [5.41, 5.74) is 7.27. The molecule has 0 aromatic heterocycles. The van der Waals surface area contributed by atoms with E-state index in [4.69, 9.17) is 5.73 Å². The number of rotatable bonds is 4. The fraction of sp³-hybridized carbons (Fsp3) is 0.571. The van der Waals surface area contributed by atoms with Crippen molar-refractivity contribution in [2.45, 2.75) is 31.9 Å². The van der Waals surface area contributed by atoms with E-state index in [2.05, 4.69) is 0 Å². The molecule has 0 heterocycles. The molecule has 3 nitrogen and oxygen atoms in total. The van der Waals surface area contributed by atoms with E-state index < -0.39 is 0 Å². The summed E-state index contributed by atoms with van der Waals surface area (Å²) in [7, 11) is 1.95. The van der Waals surface area contributed by atoms with Gasteiger partial charge in [-0.05, 0) is 37.8 Å². The van der Waals surface area contributed by atoms with Gasteiger partial charge in [-0.2, -0.15) is 0 Å². The van der Waals surface area contributed by atoms with Gasteiger partial charge in [0.05, 0.1) is 6.10 Å². The summed E-state index contributed by atoms with van der Waals surface area (Å²) in [4.78, 5) is 2.04. The standard InChI is InChI=1S/C14H21FN2O/c1-9(16)14-12(15)4-3-5-13(14)17(2)8-10-6-11(18)7-10/h3-5,9-11,18H,6-8,16H2,1-2H3/t9-,10?,11?/m0/s1. The van der Waals surface area contributed by atoms with E-state index in [1.54, 1.807) is 13.0 Å². The van der Waals surface area contributed by atoms with Gasteiger partial charge in [0.2, 0.25) is 0 Å². The molecular formula is C14H21FN2O. The first-order valence-electron chi connectivity index (χ1n) is 6.42. The van der Waals surface area contributed by atoms with Crippen molar-refractivity contribution >= 4 is 5.69 Å². The van der Waals surface area contributed by atoms with Gasteiger partial charge in [0.25, 0.3) is 0 Å². The third-order valence-corrected chi connectivity index (χ3v) is 3.64. The molecule has 0 amide bonds. The predicted molar refractivity (Wildman–Crippen MR) is 71.0 cm³/mol. The van der Waals surface area contributed by atoms with Crippen LogP contribution in [0.3, 0.4) is 0 Å². The second-order valence-corrected chi connectivity index (χ2v) is 5.33. The van der Waals surface area contributed by atoms with Gasteiger partial charge in [-0.15, -0.1) is 0 Å². The molecule has 1 aliphatic carbocycles. The van der Waals surface area contributed by atoms with Crippen LogP contribution in [0.2, 0.25) is 0 Å². The second-order valence-electron chi connectivity index (χ2n) is 5.33. The fourth-order valence-electron chi connectivity index (χ4n) is 2.64. The van der Waals surface area contributed by atoms with Gasteiger partial charge in [-0.1, -0.05) is 6.07 Å². The van der Waals surface area contributed by atoms with Crippen molar-refractivity contribution in [3.63, 3.8) is 0 Å². The number of nitrogens with two attached hydrogens (primary N) is 1.